The van der Waals surface area contributed by atoms with Gasteiger partial charge in [0, 0.05) is 30.0 Å². The van der Waals surface area contributed by atoms with Gasteiger partial charge in [0.25, 0.3) is 5.91 Å². The van der Waals surface area contributed by atoms with E-state index >= 15 is 0 Å². The Balaban J connectivity index is 1.90. The highest BCUT2D eigenvalue weighted by atomic mass is 35.5. The van der Waals surface area contributed by atoms with Crippen molar-refractivity contribution in [3.05, 3.63) is 65.5 Å². The third-order valence-corrected chi connectivity index (χ3v) is 3.99. The van der Waals surface area contributed by atoms with Gasteiger partial charge < -0.3 is 9.88 Å². The van der Waals surface area contributed by atoms with Crippen LogP contribution in [-0.4, -0.2) is 31.3 Å². The Bertz CT molecular complexity index is 936. The third-order valence-electron chi connectivity index (χ3n) is 3.76. The highest BCUT2D eigenvalue weighted by molar-refractivity contribution is 6.30. The van der Waals surface area contributed by atoms with Crippen LogP contribution in [0.3, 0.4) is 0 Å². The highest BCUT2D eigenvalue weighted by Gasteiger charge is 2.40. The Morgan fingerprint density at radius 2 is 2.15 bits per heavy atom. The summed E-state index contributed by atoms with van der Waals surface area (Å²) in [7, 11) is 0. The summed E-state index contributed by atoms with van der Waals surface area (Å²) in [5.74, 6) is -0.858. The molecule has 142 valence electrons. The monoisotopic (exact) mass is 397 g/mol. The van der Waals surface area contributed by atoms with Gasteiger partial charge in [-0.3, -0.25) is 4.79 Å². The zero-order valence-corrected chi connectivity index (χ0v) is 14.9. The van der Waals surface area contributed by atoms with Gasteiger partial charge in [0.2, 0.25) is 0 Å². The van der Waals surface area contributed by atoms with Crippen molar-refractivity contribution in [1.82, 2.24) is 24.6 Å². The fourth-order valence-electron chi connectivity index (χ4n) is 2.65. The molecular weight excluding hydrogens is 383 g/mol. The molecule has 0 aliphatic carbocycles. The number of nitrogens with one attached hydrogen (secondary N) is 1. The Kier molecular flexibility index (Phi) is 5.22. The highest BCUT2D eigenvalue weighted by Crippen LogP contribution is 2.34. The first kappa shape index (κ1) is 19.0. The van der Waals surface area contributed by atoms with E-state index in [1.807, 2.05) is 0 Å². The van der Waals surface area contributed by atoms with Gasteiger partial charge in [-0.15, -0.1) is 0 Å². The van der Waals surface area contributed by atoms with Crippen LogP contribution >= 0.6 is 11.6 Å². The molecule has 1 atom stereocenters. The van der Waals surface area contributed by atoms with Crippen molar-refractivity contribution >= 4 is 17.5 Å². The van der Waals surface area contributed by atoms with E-state index in [4.69, 9.17) is 11.6 Å². The van der Waals surface area contributed by atoms with Crippen LogP contribution in [0.25, 0.3) is 5.69 Å². The summed E-state index contributed by atoms with van der Waals surface area (Å²) in [5.41, 5.74) is -1.60. The summed E-state index contributed by atoms with van der Waals surface area (Å²) in [6.45, 7) is 2.06. The Hall–Kier alpha value is -2.81. The molecule has 0 saturated heterocycles. The van der Waals surface area contributed by atoms with Gasteiger partial charge in [0.15, 0.2) is 5.69 Å². The zero-order chi connectivity index (χ0) is 19.6. The number of alkyl halides is 3. The SMILES string of the molecule is CC(Cn1ccnc1)NC(=O)c1cnn(-c2cccc(Cl)c2)c1C(F)(F)F. The lowest BCUT2D eigenvalue weighted by molar-refractivity contribution is -0.143. The minimum atomic E-state index is -4.78. The van der Waals surface area contributed by atoms with E-state index < -0.39 is 29.4 Å². The first-order valence-electron chi connectivity index (χ1n) is 7.93. The number of benzene rings is 1. The first-order chi connectivity index (χ1) is 12.8. The second kappa shape index (κ2) is 7.43. The molecule has 2 aromatic heterocycles. The number of hydrogen-bond acceptors (Lipinski definition) is 3. The molecule has 6 nitrogen and oxygen atoms in total. The molecule has 0 bridgehead atoms. The maximum absolute atomic E-state index is 13.6. The Morgan fingerprint density at radius 3 is 2.78 bits per heavy atom. The predicted molar refractivity (Wildman–Crippen MR) is 92.7 cm³/mol. The molecule has 3 aromatic rings. The van der Waals surface area contributed by atoms with Crippen LogP contribution in [0, 0.1) is 0 Å². The molecule has 0 saturated carbocycles. The molecular formula is C17H15ClF3N5O. The molecule has 0 radical (unpaired) electrons. The zero-order valence-electron chi connectivity index (χ0n) is 14.1. The van der Waals surface area contributed by atoms with Crippen LogP contribution in [0.15, 0.2) is 49.2 Å². The van der Waals surface area contributed by atoms with Gasteiger partial charge >= 0.3 is 6.18 Å². The average molecular weight is 398 g/mol. The van der Waals surface area contributed by atoms with E-state index in [0.29, 0.717) is 11.2 Å². The second-order valence-electron chi connectivity index (χ2n) is 5.93. The first-order valence-corrected chi connectivity index (χ1v) is 8.31. The molecule has 0 fully saturated rings. The Labute approximate surface area is 157 Å². The number of imidazole rings is 1. The summed E-state index contributed by atoms with van der Waals surface area (Å²) in [6.07, 6.45) is 0.954. The minimum Gasteiger partial charge on any atom is -0.348 e. The molecule has 0 spiro atoms. The second-order valence-corrected chi connectivity index (χ2v) is 6.37. The minimum absolute atomic E-state index is 0.111. The van der Waals surface area contributed by atoms with Crippen molar-refractivity contribution in [3.63, 3.8) is 0 Å². The van der Waals surface area contributed by atoms with Gasteiger partial charge in [-0.05, 0) is 25.1 Å². The van der Waals surface area contributed by atoms with Crippen molar-refractivity contribution in [3.8, 4) is 5.69 Å². The molecule has 27 heavy (non-hydrogen) atoms. The molecule has 10 heteroatoms. The van der Waals surface area contributed by atoms with Crippen molar-refractivity contribution in [2.45, 2.75) is 25.7 Å². The van der Waals surface area contributed by atoms with E-state index in [1.165, 1.54) is 24.3 Å². The quantitative estimate of drug-likeness (QED) is 0.716. The van der Waals surface area contributed by atoms with Crippen LogP contribution in [0.4, 0.5) is 13.2 Å². The molecule has 1 N–H and O–H groups in total. The van der Waals surface area contributed by atoms with Crippen LogP contribution in [0.1, 0.15) is 23.0 Å². The third kappa shape index (κ3) is 4.30. The van der Waals surface area contributed by atoms with Crippen molar-refractivity contribution in [1.29, 1.82) is 0 Å². The lowest BCUT2D eigenvalue weighted by Gasteiger charge is -2.16. The van der Waals surface area contributed by atoms with Crippen LogP contribution in [-0.2, 0) is 12.7 Å². The normalized spacial score (nSPS) is 12.8. The van der Waals surface area contributed by atoms with Crippen molar-refractivity contribution in [2.24, 2.45) is 0 Å². The number of carbonyl (C=O) groups is 1. The maximum atomic E-state index is 13.6. The number of rotatable bonds is 5. The van der Waals surface area contributed by atoms with E-state index in [9.17, 15) is 18.0 Å². The largest absolute Gasteiger partial charge is 0.434 e. The summed E-state index contributed by atoms with van der Waals surface area (Å²) in [5, 5.41) is 6.58. The standard InChI is InChI=1S/C17H15ClF3N5O/c1-11(9-25-6-5-22-10-25)24-16(27)14-8-23-26(15(14)17(19,20)21)13-4-2-3-12(18)7-13/h2-8,10-11H,9H2,1H3,(H,24,27). The number of nitrogens with zero attached hydrogens (tertiary/aromatic N) is 4. The van der Waals surface area contributed by atoms with Gasteiger partial charge in [-0.1, -0.05) is 17.7 Å². The molecule has 1 amide bonds. The van der Waals surface area contributed by atoms with Crippen LogP contribution < -0.4 is 5.32 Å². The number of amides is 1. The Morgan fingerprint density at radius 1 is 1.37 bits per heavy atom. The molecule has 1 unspecified atom stereocenters. The number of halogens is 4. The smallest absolute Gasteiger partial charge is 0.348 e. The van der Waals surface area contributed by atoms with Crippen LogP contribution in [0.2, 0.25) is 5.02 Å². The topological polar surface area (TPSA) is 64.7 Å². The number of hydrogen-bond donors (Lipinski definition) is 1. The van der Waals surface area contributed by atoms with E-state index in [2.05, 4.69) is 15.4 Å². The van der Waals surface area contributed by atoms with Gasteiger partial charge in [0.05, 0.1) is 23.8 Å². The maximum Gasteiger partial charge on any atom is 0.434 e. The lowest BCUT2D eigenvalue weighted by atomic mass is 10.2. The number of aromatic nitrogens is 4. The van der Waals surface area contributed by atoms with Crippen molar-refractivity contribution < 1.29 is 18.0 Å². The van der Waals surface area contributed by atoms with E-state index in [-0.39, 0.29) is 10.7 Å². The lowest BCUT2D eigenvalue weighted by Crippen LogP contribution is -2.36. The summed E-state index contributed by atoms with van der Waals surface area (Å²) < 4.78 is 43.3. The molecule has 0 aliphatic heterocycles. The molecule has 3 rings (SSSR count). The summed E-state index contributed by atoms with van der Waals surface area (Å²) in [4.78, 5) is 16.3. The van der Waals surface area contributed by atoms with E-state index in [1.54, 1.807) is 30.2 Å². The fourth-order valence-corrected chi connectivity index (χ4v) is 2.83. The van der Waals surface area contributed by atoms with Gasteiger partial charge in [0.1, 0.15) is 0 Å². The van der Waals surface area contributed by atoms with Gasteiger partial charge in [-0.25, -0.2) is 9.67 Å². The average Bonchev–Trinajstić information content (AvgIpc) is 3.23. The summed E-state index contributed by atoms with van der Waals surface area (Å²) in [6, 6.07) is 5.40. The predicted octanol–water partition coefficient (Wildman–Crippen LogP) is 3.56. The van der Waals surface area contributed by atoms with Gasteiger partial charge in [-0.2, -0.15) is 18.3 Å². The fraction of sp³-hybridized carbons (Fsp3) is 0.235. The number of carbonyl (C=O) groups excluding carboxylic acids is 1. The van der Waals surface area contributed by atoms with Crippen molar-refractivity contribution in [2.75, 3.05) is 0 Å². The van der Waals surface area contributed by atoms with E-state index in [0.717, 1.165) is 6.20 Å². The molecule has 1 aromatic carbocycles. The molecule has 0 aliphatic rings. The van der Waals surface area contributed by atoms with Crippen LogP contribution in [0.5, 0.6) is 0 Å². The molecule has 2 heterocycles. The summed E-state index contributed by atoms with van der Waals surface area (Å²) >= 11 is 5.86.